The van der Waals surface area contributed by atoms with E-state index in [4.69, 9.17) is 9.47 Å². The Kier molecular flexibility index (Phi) is 7.06. The average molecular weight is 403 g/mol. The maximum Gasteiger partial charge on any atom is 0.331 e. The van der Waals surface area contributed by atoms with Crippen LogP contribution in [0.25, 0.3) is 16.3 Å². The lowest BCUT2D eigenvalue weighted by atomic mass is 10.3. The van der Waals surface area contributed by atoms with Gasteiger partial charge in [-0.05, 0) is 36.8 Å². The van der Waals surface area contributed by atoms with Crippen molar-refractivity contribution in [2.75, 3.05) is 19.5 Å². The number of ether oxygens (including phenoxy) is 2. The highest BCUT2D eigenvalue weighted by Crippen LogP contribution is 2.27. The van der Waals surface area contributed by atoms with Crippen LogP contribution in [0.15, 0.2) is 41.4 Å². The van der Waals surface area contributed by atoms with Crippen molar-refractivity contribution < 1.29 is 14.3 Å². The van der Waals surface area contributed by atoms with Gasteiger partial charge < -0.3 is 9.47 Å². The molecule has 0 saturated heterocycles. The smallest absolute Gasteiger partial charge is 0.331 e. The van der Waals surface area contributed by atoms with Gasteiger partial charge in [0.2, 0.25) is 0 Å². The molecule has 2 aromatic rings. The zero-order valence-electron chi connectivity index (χ0n) is 15.4. The number of allylic oxidation sites excluding steroid dienone is 2. The van der Waals surface area contributed by atoms with Gasteiger partial charge in [0, 0.05) is 5.75 Å². The Labute approximate surface area is 167 Å². The van der Waals surface area contributed by atoms with E-state index in [0.717, 1.165) is 45.5 Å². The molecule has 1 atom stereocenters. The summed E-state index contributed by atoms with van der Waals surface area (Å²) in [7, 11) is 1.39. The number of nitrogens with zero attached hydrogens (tertiary/aromatic N) is 2. The molecule has 0 saturated carbocycles. The van der Waals surface area contributed by atoms with Gasteiger partial charge in [-0.15, -0.1) is 23.1 Å². The number of methoxy groups -OCH3 is 1. The molecule has 0 radical (unpaired) electrons. The largest absolute Gasteiger partial charge is 0.494 e. The van der Waals surface area contributed by atoms with Gasteiger partial charge in [0.25, 0.3) is 0 Å². The van der Waals surface area contributed by atoms with E-state index < -0.39 is 0 Å². The lowest BCUT2D eigenvalue weighted by Gasteiger charge is -2.04. The number of hydrogen-bond acceptors (Lipinski definition) is 7. The molecule has 27 heavy (non-hydrogen) atoms. The van der Waals surface area contributed by atoms with Crippen LogP contribution in [0.5, 0.6) is 5.75 Å². The highest BCUT2D eigenvalue weighted by atomic mass is 32.2. The summed E-state index contributed by atoms with van der Waals surface area (Å²) in [4.78, 5) is 20.4. The zero-order chi connectivity index (χ0) is 19.1. The van der Waals surface area contributed by atoms with E-state index in [0.29, 0.717) is 5.75 Å². The fraction of sp³-hybridized carbons (Fsp3) is 0.350. The molecule has 1 aromatic heterocycles. The highest BCUT2D eigenvalue weighted by Gasteiger charge is 2.24. The minimum absolute atomic E-state index is 0.283. The van der Waals surface area contributed by atoms with Crippen LogP contribution in [0.3, 0.4) is 0 Å². The summed E-state index contributed by atoms with van der Waals surface area (Å²) in [5.74, 6) is 1.25. The minimum atomic E-state index is -0.387. The van der Waals surface area contributed by atoms with E-state index in [2.05, 4.69) is 16.9 Å². The van der Waals surface area contributed by atoms with E-state index >= 15 is 0 Å². The van der Waals surface area contributed by atoms with Crippen LogP contribution in [0.4, 0.5) is 0 Å². The zero-order valence-corrected chi connectivity index (χ0v) is 17.0. The number of fused-ring (bicyclic) bond motifs is 1. The summed E-state index contributed by atoms with van der Waals surface area (Å²) in [5, 5.41) is 1.78. The lowest BCUT2D eigenvalue weighted by molar-refractivity contribution is -0.141. The van der Waals surface area contributed by atoms with Gasteiger partial charge in [-0.1, -0.05) is 25.5 Å². The Morgan fingerprint density at radius 1 is 1.33 bits per heavy atom. The molecular weight excluding hydrogens is 380 g/mol. The van der Waals surface area contributed by atoms with E-state index in [9.17, 15) is 4.79 Å². The second-order valence-corrected chi connectivity index (χ2v) is 8.02. The Hall–Kier alpha value is -2.12. The molecule has 0 aliphatic carbocycles. The minimum Gasteiger partial charge on any atom is -0.494 e. The van der Waals surface area contributed by atoms with Crippen molar-refractivity contribution in [2.45, 2.75) is 25.8 Å². The van der Waals surface area contributed by atoms with Crippen LogP contribution in [-0.2, 0) is 9.53 Å². The number of carbonyl (C=O) groups excluding carboxylic acids is 1. The number of aromatic nitrogens is 1. The quantitative estimate of drug-likeness (QED) is 0.363. The second-order valence-electron chi connectivity index (χ2n) is 5.92. The average Bonchev–Trinajstić information content (AvgIpc) is 3.31. The molecule has 1 aliphatic heterocycles. The van der Waals surface area contributed by atoms with Crippen molar-refractivity contribution in [3.63, 3.8) is 0 Å². The molecule has 0 amide bonds. The topological polar surface area (TPSA) is 60.8 Å². The third-order valence-corrected chi connectivity index (χ3v) is 5.88. The fourth-order valence-corrected chi connectivity index (χ4v) is 4.26. The molecule has 0 unspecified atom stereocenters. The van der Waals surface area contributed by atoms with Crippen LogP contribution in [-0.4, -0.2) is 41.5 Å². The molecule has 1 aliphatic rings. The molecule has 0 fully saturated rings. The number of thioether (sulfide) groups is 1. The number of aliphatic imine (C=N–C) groups is 1. The first kappa shape index (κ1) is 19.6. The highest BCUT2D eigenvalue weighted by molar-refractivity contribution is 8.14. The van der Waals surface area contributed by atoms with Crippen molar-refractivity contribution in [2.24, 2.45) is 4.99 Å². The fourth-order valence-electron chi connectivity index (χ4n) is 2.43. The first-order valence-electron chi connectivity index (χ1n) is 8.86. The predicted molar refractivity (Wildman–Crippen MR) is 114 cm³/mol. The van der Waals surface area contributed by atoms with Crippen molar-refractivity contribution >= 4 is 50.4 Å². The maximum atomic E-state index is 11.5. The normalized spacial score (nSPS) is 17.1. The molecule has 5 nitrogen and oxygen atoms in total. The van der Waals surface area contributed by atoms with Crippen molar-refractivity contribution in [1.29, 1.82) is 0 Å². The lowest BCUT2D eigenvalue weighted by Crippen LogP contribution is -2.19. The first-order valence-corrected chi connectivity index (χ1v) is 10.7. The Balaban J connectivity index is 1.60. The number of benzene rings is 1. The summed E-state index contributed by atoms with van der Waals surface area (Å²) in [6, 6.07) is 5.63. The summed E-state index contributed by atoms with van der Waals surface area (Å²) >= 11 is 3.19. The van der Waals surface area contributed by atoms with E-state index in [1.807, 2.05) is 42.5 Å². The number of thiazole rings is 1. The number of hydrogen-bond donors (Lipinski definition) is 0. The van der Waals surface area contributed by atoms with Gasteiger partial charge >= 0.3 is 5.97 Å². The number of rotatable bonds is 8. The summed E-state index contributed by atoms with van der Waals surface area (Å²) in [6.07, 6.45) is 9.90. The first-order chi connectivity index (χ1) is 13.2. The van der Waals surface area contributed by atoms with Gasteiger partial charge in [0.05, 0.1) is 29.0 Å². The standard InChI is InChI=1S/C20H22N2O3S2/c1-3-4-11-25-14-9-10-15-17(12-14)27-19(21-15)8-6-5-7-18-22-16(13-26-18)20(23)24-2/h5-10,12,16H,3-4,11,13H2,1-2H3/b7-5+,8-6+/t16-/m1/s1. The molecule has 0 bridgehead atoms. The van der Waals surface area contributed by atoms with Crippen LogP contribution in [0, 0.1) is 0 Å². The summed E-state index contributed by atoms with van der Waals surface area (Å²) in [6.45, 7) is 2.90. The van der Waals surface area contributed by atoms with Crippen molar-refractivity contribution in [3.8, 4) is 5.75 Å². The molecule has 142 valence electrons. The summed E-state index contributed by atoms with van der Waals surface area (Å²) < 4.78 is 11.6. The van der Waals surface area contributed by atoms with Gasteiger partial charge in [-0.2, -0.15) is 0 Å². The van der Waals surface area contributed by atoms with E-state index in [1.165, 1.54) is 7.11 Å². The van der Waals surface area contributed by atoms with Gasteiger partial charge in [-0.3, -0.25) is 4.99 Å². The van der Waals surface area contributed by atoms with Gasteiger partial charge in [-0.25, -0.2) is 9.78 Å². The van der Waals surface area contributed by atoms with E-state index in [-0.39, 0.29) is 12.0 Å². The van der Waals surface area contributed by atoms with Gasteiger partial charge in [0.1, 0.15) is 10.8 Å². The summed E-state index contributed by atoms with van der Waals surface area (Å²) in [5.41, 5.74) is 0.975. The van der Waals surface area contributed by atoms with Crippen LogP contribution in [0.1, 0.15) is 24.8 Å². The monoisotopic (exact) mass is 402 g/mol. The van der Waals surface area contributed by atoms with Crippen LogP contribution in [0.2, 0.25) is 0 Å². The molecule has 1 aromatic carbocycles. The predicted octanol–water partition coefficient (Wildman–Crippen LogP) is 4.73. The second kappa shape index (κ2) is 9.71. The van der Waals surface area contributed by atoms with Crippen LogP contribution >= 0.6 is 23.1 Å². The molecule has 3 rings (SSSR count). The Bertz CT molecular complexity index is 886. The number of carbonyl (C=O) groups is 1. The Morgan fingerprint density at radius 2 is 2.19 bits per heavy atom. The third-order valence-electron chi connectivity index (χ3n) is 3.88. The van der Waals surface area contributed by atoms with Crippen molar-refractivity contribution in [3.05, 3.63) is 41.4 Å². The Morgan fingerprint density at radius 3 is 3.00 bits per heavy atom. The number of unbranched alkanes of at least 4 members (excludes halogenated alkanes) is 1. The molecular formula is C20H22N2O3S2. The van der Waals surface area contributed by atoms with Gasteiger partial charge in [0.15, 0.2) is 6.04 Å². The molecule has 7 heteroatoms. The molecule has 0 spiro atoms. The number of esters is 1. The molecule has 2 heterocycles. The van der Waals surface area contributed by atoms with E-state index in [1.54, 1.807) is 23.1 Å². The maximum absolute atomic E-state index is 11.5. The third kappa shape index (κ3) is 5.43. The SMILES string of the molecule is CCCCOc1ccc2nc(/C=C/C=C/C3=N[C@@H](C(=O)OC)CS3)sc2c1. The van der Waals surface area contributed by atoms with Crippen molar-refractivity contribution in [1.82, 2.24) is 4.98 Å². The molecule has 0 N–H and O–H groups in total. The van der Waals surface area contributed by atoms with Crippen LogP contribution < -0.4 is 4.74 Å².